The van der Waals surface area contributed by atoms with Gasteiger partial charge in [0, 0.05) is 18.1 Å². The van der Waals surface area contributed by atoms with Crippen molar-refractivity contribution < 1.29 is 9.63 Å². The fourth-order valence-corrected chi connectivity index (χ4v) is 3.68. The smallest absolute Gasteiger partial charge is 0.357 e. The van der Waals surface area contributed by atoms with Crippen molar-refractivity contribution in [1.82, 2.24) is 4.98 Å². The molecule has 1 heterocycles. The zero-order valence-electron chi connectivity index (χ0n) is 15.1. The van der Waals surface area contributed by atoms with Crippen LogP contribution in [0.4, 0.5) is 9.93 Å². The minimum Gasteiger partial charge on any atom is -0.357 e. The summed E-state index contributed by atoms with van der Waals surface area (Å²) < 4.78 is 1.15. The van der Waals surface area contributed by atoms with Crippen LogP contribution in [0.3, 0.4) is 0 Å². The average molecular weight is 407 g/mol. The second kappa shape index (κ2) is 10.7. The molecule has 1 aromatic heterocycles. The quantitative estimate of drug-likeness (QED) is 0.578. The number of fused-ring (bicyclic) bond motifs is 1. The predicted octanol–water partition coefficient (Wildman–Crippen LogP) is 4.71. The van der Waals surface area contributed by atoms with Gasteiger partial charge in [-0.2, -0.15) is 5.90 Å². The Morgan fingerprint density at radius 2 is 1.96 bits per heavy atom. The van der Waals surface area contributed by atoms with Crippen molar-refractivity contribution in [2.24, 2.45) is 11.6 Å². The third kappa shape index (κ3) is 6.71. The number of anilines is 1. The van der Waals surface area contributed by atoms with Crippen molar-refractivity contribution in [3.63, 3.8) is 0 Å². The van der Waals surface area contributed by atoms with Gasteiger partial charge in [-0.15, -0.1) is 0 Å². The Morgan fingerprint density at radius 1 is 1.26 bits per heavy atom. The highest BCUT2D eigenvalue weighted by Gasteiger charge is 2.12. The van der Waals surface area contributed by atoms with Crippen LogP contribution in [0.5, 0.6) is 0 Å². The molecular weight excluding hydrogens is 384 g/mol. The minimum absolute atomic E-state index is 0.769. The summed E-state index contributed by atoms with van der Waals surface area (Å²) in [4.78, 5) is 19.8. The van der Waals surface area contributed by atoms with Gasteiger partial charge in [0.2, 0.25) is 0 Å². The van der Waals surface area contributed by atoms with E-state index in [9.17, 15) is 4.79 Å². The van der Waals surface area contributed by atoms with Crippen LogP contribution >= 0.6 is 22.9 Å². The molecule has 8 heteroatoms. The maximum atomic E-state index is 9.24. The number of primary amides is 1. The topological polar surface area (TPSA) is 94.5 Å². The molecule has 0 radical (unpaired) electrons. The average Bonchev–Trinajstić information content (AvgIpc) is 3.09. The van der Waals surface area contributed by atoms with E-state index in [0.717, 1.165) is 33.5 Å². The highest BCUT2D eigenvalue weighted by molar-refractivity contribution is 7.22. The summed E-state index contributed by atoms with van der Waals surface area (Å²) in [5, 5.41) is 1.85. The molecule has 3 aromatic rings. The summed E-state index contributed by atoms with van der Waals surface area (Å²) in [7, 11) is 0. The van der Waals surface area contributed by atoms with Gasteiger partial charge in [-0.25, -0.2) is 9.78 Å². The van der Waals surface area contributed by atoms with Gasteiger partial charge in [0.05, 0.1) is 10.2 Å². The SMILES string of the molecule is CCCCN(Cc1ccccc1)c1nc2ccc(Cl)cc2s1.NOC(N)=O. The lowest BCUT2D eigenvalue weighted by Crippen LogP contribution is -2.23. The number of hydrogen-bond acceptors (Lipinski definition) is 6. The number of halogens is 1. The fraction of sp³-hybridized carbons (Fsp3) is 0.263. The number of carbonyl (C=O) groups excluding carboxylic acids is 1. The van der Waals surface area contributed by atoms with E-state index < -0.39 is 6.09 Å². The molecule has 1 amide bonds. The van der Waals surface area contributed by atoms with E-state index in [0.29, 0.717) is 0 Å². The molecule has 4 N–H and O–H groups in total. The number of rotatable bonds is 6. The molecule has 0 atom stereocenters. The molecule has 6 nitrogen and oxygen atoms in total. The van der Waals surface area contributed by atoms with Crippen LogP contribution in [-0.4, -0.2) is 17.6 Å². The summed E-state index contributed by atoms with van der Waals surface area (Å²) in [5.41, 5.74) is 6.65. The number of hydrogen-bond donors (Lipinski definition) is 2. The zero-order valence-corrected chi connectivity index (χ0v) is 16.7. The Bertz CT molecular complexity index is 857. The van der Waals surface area contributed by atoms with Gasteiger partial charge in [0.25, 0.3) is 0 Å². The molecule has 3 rings (SSSR count). The predicted molar refractivity (Wildman–Crippen MR) is 112 cm³/mol. The molecule has 0 bridgehead atoms. The van der Waals surface area contributed by atoms with E-state index in [1.807, 2.05) is 18.2 Å². The van der Waals surface area contributed by atoms with Crippen LogP contribution in [0, 0.1) is 0 Å². The van der Waals surface area contributed by atoms with E-state index in [1.165, 1.54) is 18.4 Å². The van der Waals surface area contributed by atoms with Crippen molar-refractivity contribution in [3.05, 3.63) is 59.1 Å². The molecule has 144 valence electrons. The largest absolute Gasteiger partial charge is 0.423 e. The van der Waals surface area contributed by atoms with Gasteiger partial charge in [0.1, 0.15) is 0 Å². The number of unbranched alkanes of at least 4 members (excludes halogenated alkanes) is 1. The molecule has 27 heavy (non-hydrogen) atoms. The van der Waals surface area contributed by atoms with Gasteiger partial charge < -0.3 is 15.5 Å². The number of benzene rings is 2. The highest BCUT2D eigenvalue weighted by atomic mass is 35.5. The number of aromatic nitrogens is 1. The van der Waals surface area contributed by atoms with Crippen LogP contribution in [-0.2, 0) is 11.4 Å². The van der Waals surface area contributed by atoms with Crippen molar-refractivity contribution in [3.8, 4) is 0 Å². The number of carbonyl (C=O) groups is 1. The fourth-order valence-electron chi connectivity index (χ4n) is 2.42. The van der Waals surface area contributed by atoms with Crippen LogP contribution in [0.25, 0.3) is 10.2 Å². The third-order valence-corrected chi connectivity index (χ3v) is 5.04. The normalized spacial score (nSPS) is 10.2. The second-order valence-corrected chi connectivity index (χ2v) is 7.25. The van der Waals surface area contributed by atoms with Crippen molar-refractivity contribution >= 4 is 44.4 Å². The molecule has 0 aliphatic carbocycles. The van der Waals surface area contributed by atoms with E-state index in [4.69, 9.17) is 16.6 Å². The monoisotopic (exact) mass is 406 g/mol. The highest BCUT2D eigenvalue weighted by Crippen LogP contribution is 2.31. The second-order valence-electron chi connectivity index (χ2n) is 5.81. The molecule has 0 unspecified atom stereocenters. The van der Waals surface area contributed by atoms with Gasteiger partial charge >= 0.3 is 6.09 Å². The van der Waals surface area contributed by atoms with E-state index >= 15 is 0 Å². The molecule has 0 saturated heterocycles. The molecule has 0 aliphatic rings. The molecule has 0 spiro atoms. The van der Waals surface area contributed by atoms with Crippen LogP contribution in [0.1, 0.15) is 25.3 Å². The van der Waals surface area contributed by atoms with Crippen LogP contribution < -0.4 is 16.5 Å². The first-order valence-electron chi connectivity index (χ1n) is 8.54. The lowest BCUT2D eigenvalue weighted by Gasteiger charge is -2.21. The lowest BCUT2D eigenvalue weighted by molar-refractivity contribution is 0.159. The maximum absolute atomic E-state index is 9.24. The molecular formula is C19H23ClN4O2S. The van der Waals surface area contributed by atoms with E-state index in [2.05, 4.69) is 58.6 Å². The first-order chi connectivity index (χ1) is 13.0. The Hall–Kier alpha value is -2.35. The van der Waals surface area contributed by atoms with E-state index in [-0.39, 0.29) is 0 Å². The van der Waals surface area contributed by atoms with Crippen LogP contribution in [0.15, 0.2) is 48.5 Å². The Labute approximate surface area is 167 Å². The number of amides is 1. The number of nitrogens with two attached hydrogens (primary N) is 2. The van der Waals surface area contributed by atoms with Gasteiger partial charge in [-0.1, -0.05) is 66.6 Å². The van der Waals surface area contributed by atoms with Crippen molar-refractivity contribution in [1.29, 1.82) is 0 Å². The standard InChI is InChI=1S/C18H19ClN2S.CH4N2O2/c1-2-3-11-21(13-14-7-5-4-6-8-14)18-20-16-10-9-15(19)12-17(16)22-18;2-1(4)5-3/h4-10,12H,2-3,11,13H2,1H3;3H2,(H2,2,4). The lowest BCUT2D eigenvalue weighted by atomic mass is 10.2. The first-order valence-corrected chi connectivity index (χ1v) is 9.74. The zero-order chi connectivity index (χ0) is 19.6. The van der Waals surface area contributed by atoms with Gasteiger partial charge in [0.15, 0.2) is 5.13 Å². The summed E-state index contributed by atoms with van der Waals surface area (Å²) in [6.07, 6.45) is 1.39. The number of nitrogens with zero attached hydrogens (tertiary/aromatic N) is 2. The van der Waals surface area contributed by atoms with Gasteiger partial charge in [-0.3, -0.25) is 0 Å². The van der Waals surface area contributed by atoms with Crippen LogP contribution in [0.2, 0.25) is 5.02 Å². The third-order valence-electron chi connectivity index (χ3n) is 3.72. The summed E-state index contributed by atoms with van der Waals surface area (Å²) in [6.45, 7) is 4.15. The summed E-state index contributed by atoms with van der Waals surface area (Å²) in [5.74, 6) is 4.20. The van der Waals surface area contributed by atoms with E-state index in [1.54, 1.807) is 11.3 Å². The number of thiazole rings is 1. The van der Waals surface area contributed by atoms with Crippen molar-refractivity contribution in [2.75, 3.05) is 11.4 Å². The molecule has 0 saturated carbocycles. The molecule has 0 fully saturated rings. The Balaban J connectivity index is 0.000000465. The summed E-state index contributed by atoms with van der Waals surface area (Å²) in [6, 6.07) is 16.5. The van der Waals surface area contributed by atoms with Crippen molar-refractivity contribution in [2.45, 2.75) is 26.3 Å². The minimum atomic E-state index is -0.968. The Morgan fingerprint density at radius 3 is 2.59 bits per heavy atom. The Kier molecular flexibility index (Phi) is 8.32. The molecule has 0 aliphatic heterocycles. The summed E-state index contributed by atoms with van der Waals surface area (Å²) >= 11 is 7.81. The first kappa shape index (κ1) is 21.0. The maximum Gasteiger partial charge on any atom is 0.423 e. The van der Waals surface area contributed by atoms with Gasteiger partial charge in [-0.05, 0) is 30.2 Å². The molecule has 2 aromatic carbocycles.